The van der Waals surface area contributed by atoms with Crippen molar-refractivity contribution in [3.05, 3.63) is 46.1 Å². The highest BCUT2D eigenvalue weighted by atomic mass is 35.5. The SMILES string of the molecule is CCOC(=O)C1=C(CN2CCN(C(=O)C3CCC3)[C@H](C)C2)N(C)C(=O)N[C@@H]1c1ccc(Cl)cc1. The fraction of sp³-hybridized carbons (Fsp3) is 0.560. The number of nitrogens with zero attached hydrogens (tertiary/aromatic N) is 3. The number of rotatable bonds is 6. The lowest BCUT2D eigenvalue weighted by Gasteiger charge is -2.44. The van der Waals surface area contributed by atoms with Crippen LogP contribution in [0.5, 0.6) is 0 Å². The Morgan fingerprint density at radius 2 is 1.88 bits per heavy atom. The Morgan fingerprint density at radius 1 is 1.18 bits per heavy atom. The van der Waals surface area contributed by atoms with Gasteiger partial charge < -0.3 is 15.0 Å². The van der Waals surface area contributed by atoms with Crippen molar-refractivity contribution >= 4 is 29.5 Å². The molecule has 184 valence electrons. The predicted molar refractivity (Wildman–Crippen MR) is 129 cm³/mol. The minimum atomic E-state index is -0.631. The highest BCUT2D eigenvalue weighted by molar-refractivity contribution is 6.30. The zero-order chi connectivity index (χ0) is 24.4. The summed E-state index contributed by atoms with van der Waals surface area (Å²) in [5, 5.41) is 3.51. The molecule has 0 unspecified atom stereocenters. The van der Waals surface area contributed by atoms with Crippen molar-refractivity contribution in [2.45, 2.75) is 45.2 Å². The quantitative estimate of drug-likeness (QED) is 0.622. The fourth-order valence-corrected chi connectivity index (χ4v) is 5.03. The first-order chi connectivity index (χ1) is 16.3. The van der Waals surface area contributed by atoms with E-state index in [-0.39, 0.29) is 30.5 Å². The van der Waals surface area contributed by atoms with Crippen molar-refractivity contribution in [1.82, 2.24) is 20.0 Å². The second-order valence-corrected chi connectivity index (χ2v) is 9.75. The van der Waals surface area contributed by atoms with Crippen LogP contribution < -0.4 is 5.32 Å². The zero-order valence-corrected chi connectivity index (χ0v) is 20.8. The van der Waals surface area contributed by atoms with Gasteiger partial charge in [0.1, 0.15) is 0 Å². The molecule has 0 radical (unpaired) electrons. The summed E-state index contributed by atoms with van der Waals surface area (Å²) in [6.07, 6.45) is 3.12. The molecule has 1 aliphatic carbocycles. The maximum Gasteiger partial charge on any atom is 0.338 e. The molecular weight excluding hydrogens is 456 g/mol. The molecule has 1 aromatic rings. The third-order valence-electron chi connectivity index (χ3n) is 7.10. The molecule has 0 bridgehead atoms. The lowest BCUT2D eigenvalue weighted by atomic mass is 9.84. The van der Waals surface area contributed by atoms with Gasteiger partial charge in [0.05, 0.1) is 18.2 Å². The molecule has 1 saturated carbocycles. The number of hydrogen-bond donors (Lipinski definition) is 1. The normalized spacial score (nSPS) is 24.1. The van der Waals surface area contributed by atoms with Crippen LogP contribution in [0.25, 0.3) is 0 Å². The van der Waals surface area contributed by atoms with E-state index >= 15 is 0 Å². The van der Waals surface area contributed by atoms with Crippen LogP contribution in [-0.4, -0.2) is 78.5 Å². The summed E-state index contributed by atoms with van der Waals surface area (Å²) in [4.78, 5) is 44.5. The van der Waals surface area contributed by atoms with Crippen LogP contribution in [0.15, 0.2) is 35.5 Å². The molecule has 1 aromatic carbocycles. The molecule has 1 saturated heterocycles. The molecule has 2 aliphatic heterocycles. The summed E-state index contributed by atoms with van der Waals surface area (Å²) in [5.74, 6) is -0.00151. The number of amides is 3. The van der Waals surface area contributed by atoms with Crippen LogP contribution in [0.1, 0.15) is 44.7 Å². The van der Waals surface area contributed by atoms with Crippen molar-refractivity contribution < 1.29 is 19.1 Å². The van der Waals surface area contributed by atoms with Gasteiger partial charge in [0.15, 0.2) is 0 Å². The lowest BCUT2D eigenvalue weighted by molar-refractivity contribution is -0.142. The number of ether oxygens (including phenoxy) is 1. The second-order valence-electron chi connectivity index (χ2n) is 9.32. The number of urea groups is 1. The third kappa shape index (κ3) is 4.93. The van der Waals surface area contributed by atoms with E-state index in [1.807, 2.05) is 17.0 Å². The highest BCUT2D eigenvalue weighted by Gasteiger charge is 2.39. The van der Waals surface area contributed by atoms with Crippen LogP contribution in [0.2, 0.25) is 5.02 Å². The van der Waals surface area contributed by atoms with Crippen LogP contribution in [0, 0.1) is 5.92 Å². The maximum absolute atomic E-state index is 13.1. The topological polar surface area (TPSA) is 82.2 Å². The largest absolute Gasteiger partial charge is 0.463 e. The molecule has 3 aliphatic rings. The number of hydrogen-bond acceptors (Lipinski definition) is 5. The van der Waals surface area contributed by atoms with Gasteiger partial charge in [-0.15, -0.1) is 0 Å². The zero-order valence-electron chi connectivity index (χ0n) is 20.1. The van der Waals surface area contributed by atoms with E-state index in [4.69, 9.17) is 16.3 Å². The molecule has 2 atom stereocenters. The van der Waals surface area contributed by atoms with Crippen molar-refractivity contribution in [2.75, 3.05) is 39.8 Å². The van der Waals surface area contributed by atoms with E-state index in [2.05, 4.69) is 17.1 Å². The first kappa shape index (κ1) is 24.5. The summed E-state index contributed by atoms with van der Waals surface area (Å²) in [6, 6.07) is 6.25. The Bertz CT molecular complexity index is 976. The van der Waals surface area contributed by atoms with E-state index in [1.165, 1.54) is 4.90 Å². The van der Waals surface area contributed by atoms with E-state index in [0.29, 0.717) is 42.5 Å². The number of carbonyl (C=O) groups is 3. The van der Waals surface area contributed by atoms with E-state index in [0.717, 1.165) is 24.8 Å². The first-order valence-corrected chi connectivity index (χ1v) is 12.4. The third-order valence-corrected chi connectivity index (χ3v) is 7.35. The number of likely N-dealkylation sites (N-methyl/N-ethyl adjacent to an activating group) is 1. The smallest absolute Gasteiger partial charge is 0.338 e. The van der Waals surface area contributed by atoms with Gasteiger partial charge in [-0.25, -0.2) is 9.59 Å². The molecule has 0 aromatic heterocycles. The van der Waals surface area contributed by atoms with E-state index in [9.17, 15) is 14.4 Å². The summed E-state index contributed by atoms with van der Waals surface area (Å²) in [6.45, 7) is 6.49. The number of carbonyl (C=O) groups excluding carboxylic acids is 3. The van der Waals surface area contributed by atoms with Gasteiger partial charge in [0.25, 0.3) is 0 Å². The Hall–Kier alpha value is -2.58. The van der Waals surface area contributed by atoms with Gasteiger partial charge in [-0.2, -0.15) is 0 Å². The van der Waals surface area contributed by atoms with Crippen LogP contribution in [-0.2, 0) is 14.3 Å². The van der Waals surface area contributed by atoms with Gasteiger partial charge in [0, 0.05) is 55.9 Å². The molecule has 34 heavy (non-hydrogen) atoms. The molecule has 1 N–H and O–H groups in total. The van der Waals surface area contributed by atoms with Crippen molar-refractivity contribution in [3.8, 4) is 0 Å². The Kier molecular flexibility index (Phi) is 7.48. The Morgan fingerprint density at radius 3 is 2.47 bits per heavy atom. The highest BCUT2D eigenvalue weighted by Crippen LogP contribution is 2.33. The van der Waals surface area contributed by atoms with Gasteiger partial charge >= 0.3 is 12.0 Å². The standard InChI is InChI=1S/C25H33ClN4O4/c1-4-34-24(32)21-20(28(3)25(33)27-22(21)17-8-10-19(26)11-9-17)15-29-12-13-30(16(2)14-29)23(31)18-6-5-7-18/h8-11,16,18,22H,4-7,12-15H2,1-3H3,(H,27,33)/t16-,22-/m1/s1. The Balaban J connectivity index is 1.60. The lowest BCUT2D eigenvalue weighted by Crippen LogP contribution is -2.57. The number of esters is 1. The van der Waals surface area contributed by atoms with E-state index < -0.39 is 12.0 Å². The average molecular weight is 489 g/mol. The number of piperazine rings is 1. The number of halogens is 1. The molecule has 2 fully saturated rings. The van der Waals surface area contributed by atoms with Crippen molar-refractivity contribution in [2.24, 2.45) is 5.92 Å². The number of nitrogens with one attached hydrogen (secondary N) is 1. The predicted octanol–water partition coefficient (Wildman–Crippen LogP) is 3.19. The second kappa shape index (κ2) is 10.4. The summed E-state index contributed by atoms with van der Waals surface area (Å²) in [5.41, 5.74) is 1.80. The molecule has 2 heterocycles. The van der Waals surface area contributed by atoms with Crippen LogP contribution in [0.3, 0.4) is 0 Å². The molecule has 9 heteroatoms. The van der Waals surface area contributed by atoms with Crippen molar-refractivity contribution in [3.63, 3.8) is 0 Å². The van der Waals surface area contributed by atoms with Crippen LogP contribution >= 0.6 is 11.6 Å². The Labute approximate surface area is 205 Å². The molecule has 0 spiro atoms. The molecular formula is C25H33ClN4O4. The van der Waals surface area contributed by atoms with E-state index in [1.54, 1.807) is 26.1 Å². The van der Waals surface area contributed by atoms with Gasteiger partial charge in [-0.1, -0.05) is 30.2 Å². The first-order valence-electron chi connectivity index (χ1n) is 12.0. The van der Waals surface area contributed by atoms with Crippen LogP contribution in [0.4, 0.5) is 4.79 Å². The maximum atomic E-state index is 13.1. The number of benzene rings is 1. The monoisotopic (exact) mass is 488 g/mol. The molecule has 8 nitrogen and oxygen atoms in total. The van der Waals surface area contributed by atoms with Gasteiger partial charge in [-0.3, -0.25) is 14.6 Å². The minimum absolute atomic E-state index is 0.0725. The average Bonchev–Trinajstić information content (AvgIpc) is 2.76. The van der Waals surface area contributed by atoms with Gasteiger partial charge in [-0.05, 0) is 44.4 Å². The molecule has 3 amide bonds. The summed E-state index contributed by atoms with van der Waals surface area (Å²) < 4.78 is 5.40. The van der Waals surface area contributed by atoms with Crippen molar-refractivity contribution in [1.29, 1.82) is 0 Å². The van der Waals surface area contributed by atoms with Gasteiger partial charge in [0.2, 0.25) is 5.91 Å². The fourth-order valence-electron chi connectivity index (χ4n) is 4.91. The summed E-state index contributed by atoms with van der Waals surface area (Å²) in [7, 11) is 1.67. The minimum Gasteiger partial charge on any atom is -0.463 e. The summed E-state index contributed by atoms with van der Waals surface area (Å²) >= 11 is 6.05. The molecule has 4 rings (SSSR count).